The molecule has 0 fully saturated rings. The van der Waals surface area contributed by atoms with Gasteiger partial charge in [-0.25, -0.2) is 0 Å². The van der Waals surface area contributed by atoms with Crippen molar-refractivity contribution in [1.82, 2.24) is 0 Å². The summed E-state index contributed by atoms with van der Waals surface area (Å²) in [5.74, 6) is 0. The highest BCUT2D eigenvalue weighted by Crippen LogP contribution is 2.34. The Hall–Kier alpha value is -2.54. The molecule has 1 nitrogen and oxygen atoms in total. The molecule has 0 aromatic heterocycles. The Balaban J connectivity index is 2.25. The number of para-hydroxylation sites is 1. The van der Waals surface area contributed by atoms with Crippen molar-refractivity contribution in [3.05, 3.63) is 84.6 Å². The molecule has 0 heterocycles. The molecule has 0 radical (unpaired) electrons. The van der Waals surface area contributed by atoms with Crippen LogP contribution in [0.5, 0.6) is 0 Å². The van der Waals surface area contributed by atoms with Crippen LogP contribution in [0.2, 0.25) is 0 Å². The lowest BCUT2D eigenvalue weighted by Crippen LogP contribution is -2.14. The van der Waals surface area contributed by atoms with Gasteiger partial charge >= 0.3 is 0 Å². The first-order valence-electron chi connectivity index (χ1n) is 7.27. The van der Waals surface area contributed by atoms with E-state index in [2.05, 4.69) is 97.6 Å². The smallest absolute Gasteiger partial charge is 0.0536 e. The highest BCUT2D eigenvalue weighted by Gasteiger charge is 2.13. The molecule has 104 valence electrons. The molecule has 0 N–H and O–H groups in total. The molecule has 0 saturated heterocycles. The van der Waals surface area contributed by atoms with Crippen molar-refractivity contribution in [3.63, 3.8) is 0 Å². The topological polar surface area (TPSA) is 3.24 Å². The molecule has 3 rings (SSSR count). The second kappa shape index (κ2) is 5.84. The summed E-state index contributed by atoms with van der Waals surface area (Å²) in [4.78, 5) is 2.31. The number of allylic oxidation sites excluding steroid dienone is 2. The van der Waals surface area contributed by atoms with Crippen molar-refractivity contribution in [2.45, 2.75) is 13.8 Å². The second-order valence-corrected chi connectivity index (χ2v) is 5.10. The van der Waals surface area contributed by atoms with Gasteiger partial charge in [0.05, 0.1) is 5.69 Å². The van der Waals surface area contributed by atoms with Crippen LogP contribution in [0.25, 0.3) is 10.8 Å². The van der Waals surface area contributed by atoms with Crippen LogP contribution in [0.3, 0.4) is 0 Å². The standard InChI is InChI=1S/C20H19N/c1-3-16(2)21(18-12-5-4-6-13-18)20-15-9-11-17-10-7-8-14-19(17)20/h3-15H,1-2H3/b16-3+. The van der Waals surface area contributed by atoms with E-state index >= 15 is 0 Å². The molecule has 0 unspecified atom stereocenters. The van der Waals surface area contributed by atoms with Crippen molar-refractivity contribution in [2.75, 3.05) is 4.90 Å². The third-order valence-corrected chi connectivity index (χ3v) is 3.79. The lowest BCUT2D eigenvalue weighted by Gasteiger charge is -2.27. The maximum Gasteiger partial charge on any atom is 0.0536 e. The fourth-order valence-electron chi connectivity index (χ4n) is 2.64. The molecule has 21 heavy (non-hydrogen) atoms. The second-order valence-electron chi connectivity index (χ2n) is 5.10. The van der Waals surface area contributed by atoms with Gasteiger partial charge in [0.1, 0.15) is 0 Å². The predicted octanol–water partition coefficient (Wildman–Crippen LogP) is 5.90. The molecule has 0 aliphatic heterocycles. The Morgan fingerprint density at radius 1 is 0.810 bits per heavy atom. The molecular weight excluding hydrogens is 254 g/mol. The van der Waals surface area contributed by atoms with Crippen molar-refractivity contribution in [3.8, 4) is 0 Å². The van der Waals surface area contributed by atoms with E-state index in [1.165, 1.54) is 27.8 Å². The van der Waals surface area contributed by atoms with Crippen LogP contribution < -0.4 is 4.90 Å². The van der Waals surface area contributed by atoms with Gasteiger partial charge in [-0.15, -0.1) is 0 Å². The minimum Gasteiger partial charge on any atom is -0.314 e. The van der Waals surface area contributed by atoms with Crippen LogP contribution in [-0.2, 0) is 0 Å². The van der Waals surface area contributed by atoms with Crippen LogP contribution in [0.1, 0.15) is 13.8 Å². The van der Waals surface area contributed by atoms with Crippen molar-refractivity contribution in [1.29, 1.82) is 0 Å². The van der Waals surface area contributed by atoms with Crippen LogP contribution in [-0.4, -0.2) is 0 Å². The first-order chi connectivity index (χ1) is 10.3. The molecule has 0 aliphatic rings. The highest BCUT2D eigenvalue weighted by atomic mass is 15.1. The summed E-state index contributed by atoms with van der Waals surface area (Å²) in [7, 11) is 0. The maximum absolute atomic E-state index is 2.31. The predicted molar refractivity (Wildman–Crippen MR) is 92.0 cm³/mol. The Morgan fingerprint density at radius 3 is 2.24 bits per heavy atom. The van der Waals surface area contributed by atoms with Gasteiger partial charge in [0, 0.05) is 16.8 Å². The van der Waals surface area contributed by atoms with Gasteiger partial charge in [0.15, 0.2) is 0 Å². The van der Waals surface area contributed by atoms with E-state index in [0.717, 1.165) is 0 Å². The average Bonchev–Trinajstić information content (AvgIpc) is 2.56. The van der Waals surface area contributed by atoms with Crippen molar-refractivity contribution >= 4 is 22.1 Å². The third kappa shape index (κ3) is 2.55. The van der Waals surface area contributed by atoms with Crippen LogP contribution in [0, 0.1) is 0 Å². The summed E-state index contributed by atoms with van der Waals surface area (Å²) in [6.07, 6.45) is 2.15. The minimum atomic E-state index is 1.18. The average molecular weight is 273 g/mol. The zero-order valence-electron chi connectivity index (χ0n) is 12.5. The monoisotopic (exact) mass is 273 g/mol. The SMILES string of the molecule is C/C=C(\C)N(c1ccccc1)c1cccc2ccccc12. The molecule has 3 aromatic rings. The van der Waals surface area contributed by atoms with E-state index in [4.69, 9.17) is 0 Å². The Bertz CT molecular complexity index is 767. The summed E-state index contributed by atoms with van der Waals surface area (Å²) < 4.78 is 0. The number of fused-ring (bicyclic) bond motifs is 1. The summed E-state index contributed by atoms with van der Waals surface area (Å²) in [5.41, 5.74) is 3.62. The van der Waals surface area contributed by atoms with Gasteiger partial charge in [-0.05, 0) is 37.4 Å². The number of nitrogens with zero attached hydrogens (tertiary/aromatic N) is 1. The van der Waals surface area contributed by atoms with Gasteiger partial charge in [-0.1, -0.05) is 60.7 Å². The molecule has 3 aromatic carbocycles. The number of anilines is 2. The van der Waals surface area contributed by atoms with Gasteiger partial charge in [-0.2, -0.15) is 0 Å². The van der Waals surface area contributed by atoms with E-state index < -0.39 is 0 Å². The van der Waals surface area contributed by atoms with Gasteiger partial charge in [0.2, 0.25) is 0 Å². The fourth-order valence-corrected chi connectivity index (χ4v) is 2.64. The van der Waals surface area contributed by atoms with Crippen LogP contribution >= 0.6 is 0 Å². The first kappa shape index (κ1) is 13.4. The third-order valence-electron chi connectivity index (χ3n) is 3.79. The highest BCUT2D eigenvalue weighted by molar-refractivity contribution is 5.97. The molecule has 0 bridgehead atoms. The maximum atomic E-state index is 2.31. The molecule has 1 heteroatoms. The lowest BCUT2D eigenvalue weighted by atomic mass is 10.1. The van der Waals surface area contributed by atoms with Crippen molar-refractivity contribution < 1.29 is 0 Å². The Labute approximate surface area is 126 Å². The van der Waals surface area contributed by atoms with Gasteiger partial charge < -0.3 is 4.90 Å². The zero-order valence-corrected chi connectivity index (χ0v) is 12.5. The quantitative estimate of drug-likeness (QED) is 0.574. The first-order valence-corrected chi connectivity index (χ1v) is 7.27. The zero-order chi connectivity index (χ0) is 14.7. The van der Waals surface area contributed by atoms with Crippen LogP contribution in [0.15, 0.2) is 84.6 Å². The van der Waals surface area contributed by atoms with E-state index in [9.17, 15) is 0 Å². The lowest BCUT2D eigenvalue weighted by molar-refractivity contribution is 1.15. The summed E-state index contributed by atoms with van der Waals surface area (Å²) >= 11 is 0. The molecular formula is C20H19N. The summed E-state index contributed by atoms with van der Waals surface area (Å²) in [6, 6.07) is 25.5. The number of rotatable bonds is 3. The normalized spacial score (nSPS) is 11.6. The van der Waals surface area contributed by atoms with E-state index in [1.807, 2.05) is 0 Å². The largest absolute Gasteiger partial charge is 0.314 e. The summed E-state index contributed by atoms with van der Waals surface area (Å²) in [6.45, 7) is 4.23. The van der Waals surface area contributed by atoms with E-state index in [0.29, 0.717) is 0 Å². The molecule has 0 atom stereocenters. The molecule has 0 aliphatic carbocycles. The van der Waals surface area contributed by atoms with E-state index in [-0.39, 0.29) is 0 Å². The minimum absolute atomic E-state index is 1.18. The van der Waals surface area contributed by atoms with Gasteiger partial charge in [0.25, 0.3) is 0 Å². The molecule has 0 amide bonds. The number of hydrogen-bond donors (Lipinski definition) is 0. The Kier molecular flexibility index (Phi) is 3.74. The van der Waals surface area contributed by atoms with Crippen LogP contribution in [0.4, 0.5) is 11.4 Å². The number of hydrogen-bond acceptors (Lipinski definition) is 1. The molecule has 0 spiro atoms. The summed E-state index contributed by atoms with van der Waals surface area (Å²) in [5, 5.41) is 2.53. The van der Waals surface area contributed by atoms with Gasteiger partial charge in [-0.3, -0.25) is 0 Å². The molecule has 0 saturated carbocycles. The van der Waals surface area contributed by atoms with E-state index in [1.54, 1.807) is 0 Å². The Morgan fingerprint density at radius 2 is 1.48 bits per heavy atom. The fraction of sp³-hybridized carbons (Fsp3) is 0.100. The number of benzene rings is 3. The van der Waals surface area contributed by atoms with Crippen molar-refractivity contribution in [2.24, 2.45) is 0 Å².